The molecule has 0 aromatic heterocycles. The molecule has 0 spiro atoms. The molecule has 0 aromatic rings. The molecule has 1 aliphatic heterocycles. The van der Waals surface area contributed by atoms with E-state index in [1.165, 1.54) is 25.7 Å². The van der Waals surface area contributed by atoms with E-state index in [9.17, 15) is 0 Å². The lowest BCUT2D eigenvalue weighted by Gasteiger charge is -2.30. The molecule has 2 nitrogen and oxygen atoms in total. The molecule has 1 atom stereocenters. The van der Waals surface area contributed by atoms with Crippen molar-refractivity contribution in [1.82, 2.24) is 5.32 Å². The summed E-state index contributed by atoms with van der Waals surface area (Å²) in [6, 6.07) is 1.48. The fourth-order valence-electron chi connectivity index (χ4n) is 2.46. The average molecular weight is 197 g/mol. The first kappa shape index (κ1) is 10.4. The van der Waals surface area contributed by atoms with Gasteiger partial charge in [0.2, 0.25) is 0 Å². The molecule has 14 heavy (non-hydrogen) atoms. The van der Waals surface area contributed by atoms with Crippen molar-refractivity contribution in [1.29, 1.82) is 0 Å². The number of hydrogen-bond acceptors (Lipinski definition) is 2. The Morgan fingerprint density at radius 2 is 1.71 bits per heavy atom. The van der Waals surface area contributed by atoms with Gasteiger partial charge in [-0.2, -0.15) is 0 Å². The third-order valence-electron chi connectivity index (χ3n) is 3.50. The van der Waals surface area contributed by atoms with E-state index in [-0.39, 0.29) is 0 Å². The van der Waals surface area contributed by atoms with Gasteiger partial charge < -0.3 is 10.1 Å². The van der Waals surface area contributed by atoms with Gasteiger partial charge in [0.25, 0.3) is 0 Å². The van der Waals surface area contributed by atoms with Crippen molar-refractivity contribution in [2.24, 2.45) is 11.8 Å². The van der Waals surface area contributed by atoms with Gasteiger partial charge in [-0.25, -0.2) is 0 Å². The van der Waals surface area contributed by atoms with Crippen LogP contribution in [0.5, 0.6) is 0 Å². The minimum Gasteiger partial charge on any atom is -0.381 e. The maximum Gasteiger partial charge on any atom is 0.0480 e. The Bertz CT molecular complexity index is 169. The number of rotatable bonds is 4. The van der Waals surface area contributed by atoms with Crippen LogP contribution in [0.4, 0.5) is 0 Å². The van der Waals surface area contributed by atoms with Gasteiger partial charge in [0, 0.05) is 25.3 Å². The van der Waals surface area contributed by atoms with Gasteiger partial charge in [0.05, 0.1) is 0 Å². The third-order valence-corrected chi connectivity index (χ3v) is 3.50. The Morgan fingerprint density at radius 3 is 2.21 bits per heavy atom. The van der Waals surface area contributed by atoms with Crippen molar-refractivity contribution < 1.29 is 4.74 Å². The lowest BCUT2D eigenvalue weighted by Crippen LogP contribution is -2.45. The molecule has 1 saturated carbocycles. The molecule has 82 valence electrons. The van der Waals surface area contributed by atoms with Crippen LogP contribution in [0.15, 0.2) is 0 Å². The highest BCUT2D eigenvalue weighted by molar-refractivity contribution is 4.90. The van der Waals surface area contributed by atoms with Crippen molar-refractivity contribution in [2.75, 3.05) is 13.2 Å². The van der Waals surface area contributed by atoms with E-state index in [1.54, 1.807) is 0 Å². The van der Waals surface area contributed by atoms with Crippen LogP contribution in [0.25, 0.3) is 0 Å². The molecular formula is C12H23NO. The standard InChI is InChI=1S/C12H23NO/c1-9(2)12(10-3-4-10)13-11-5-7-14-8-6-11/h9-13H,3-8H2,1-2H3. The lowest BCUT2D eigenvalue weighted by atomic mass is 9.97. The van der Waals surface area contributed by atoms with Gasteiger partial charge in [-0.3, -0.25) is 0 Å². The highest BCUT2D eigenvalue weighted by atomic mass is 16.5. The minimum atomic E-state index is 0.719. The van der Waals surface area contributed by atoms with E-state index >= 15 is 0 Å². The molecule has 2 aliphatic rings. The van der Waals surface area contributed by atoms with E-state index in [1.807, 2.05) is 0 Å². The Hall–Kier alpha value is -0.0800. The SMILES string of the molecule is CC(C)C(NC1CCOCC1)C1CC1. The second-order valence-electron chi connectivity index (χ2n) is 5.16. The summed E-state index contributed by atoms with van der Waals surface area (Å²) < 4.78 is 5.38. The monoisotopic (exact) mass is 197 g/mol. The molecule has 0 radical (unpaired) electrons. The largest absolute Gasteiger partial charge is 0.381 e. The van der Waals surface area contributed by atoms with Crippen molar-refractivity contribution in [3.05, 3.63) is 0 Å². The van der Waals surface area contributed by atoms with E-state index < -0.39 is 0 Å². The highest BCUT2D eigenvalue weighted by Gasteiger charge is 2.34. The maximum absolute atomic E-state index is 5.38. The maximum atomic E-state index is 5.38. The predicted octanol–water partition coefficient (Wildman–Crippen LogP) is 2.19. The normalized spacial score (nSPS) is 26.8. The molecule has 1 aliphatic carbocycles. The summed E-state index contributed by atoms with van der Waals surface area (Å²) in [5, 5.41) is 3.84. The molecule has 1 unspecified atom stereocenters. The van der Waals surface area contributed by atoms with Gasteiger partial charge in [-0.05, 0) is 37.5 Å². The van der Waals surface area contributed by atoms with Crippen molar-refractivity contribution in [3.8, 4) is 0 Å². The summed E-state index contributed by atoms with van der Waals surface area (Å²) in [5.74, 6) is 1.75. The Kier molecular flexibility index (Phi) is 3.45. The lowest BCUT2D eigenvalue weighted by molar-refractivity contribution is 0.0717. The molecular weight excluding hydrogens is 174 g/mol. The van der Waals surface area contributed by atoms with Gasteiger partial charge in [-0.1, -0.05) is 13.8 Å². The average Bonchev–Trinajstić information content (AvgIpc) is 2.99. The molecule has 1 N–H and O–H groups in total. The summed E-state index contributed by atoms with van der Waals surface area (Å²) in [6.07, 6.45) is 5.30. The molecule has 0 bridgehead atoms. The first-order valence-electron chi connectivity index (χ1n) is 6.11. The van der Waals surface area contributed by atoms with E-state index in [2.05, 4.69) is 19.2 Å². The fourth-order valence-corrected chi connectivity index (χ4v) is 2.46. The fraction of sp³-hybridized carbons (Fsp3) is 1.00. The van der Waals surface area contributed by atoms with Crippen LogP contribution < -0.4 is 5.32 Å². The number of ether oxygens (including phenoxy) is 1. The quantitative estimate of drug-likeness (QED) is 0.746. The van der Waals surface area contributed by atoms with Crippen molar-refractivity contribution in [3.63, 3.8) is 0 Å². The first-order valence-corrected chi connectivity index (χ1v) is 6.11. The van der Waals surface area contributed by atoms with Gasteiger partial charge in [0.15, 0.2) is 0 Å². The second-order valence-corrected chi connectivity index (χ2v) is 5.16. The van der Waals surface area contributed by atoms with Gasteiger partial charge in [-0.15, -0.1) is 0 Å². The van der Waals surface area contributed by atoms with Crippen LogP contribution in [0, 0.1) is 11.8 Å². The Labute approximate surface area is 87.4 Å². The van der Waals surface area contributed by atoms with E-state index in [0.29, 0.717) is 0 Å². The third kappa shape index (κ3) is 2.71. The van der Waals surface area contributed by atoms with Crippen molar-refractivity contribution in [2.45, 2.75) is 51.6 Å². The van der Waals surface area contributed by atoms with Crippen LogP contribution in [0.3, 0.4) is 0 Å². The van der Waals surface area contributed by atoms with E-state index in [0.717, 1.165) is 37.1 Å². The number of hydrogen-bond donors (Lipinski definition) is 1. The van der Waals surface area contributed by atoms with Crippen LogP contribution in [-0.2, 0) is 4.74 Å². The summed E-state index contributed by atoms with van der Waals surface area (Å²) in [6.45, 7) is 6.59. The molecule has 2 rings (SSSR count). The Morgan fingerprint density at radius 1 is 1.07 bits per heavy atom. The molecule has 1 saturated heterocycles. The summed E-state index contributed by atoms with van der Waals surface area (Å²) >= 11 is 0. The van der Waals surface area contributed by atoms with Crippen LogP contribution in [0.2, 0.25) is 0 Å². The highest BCUT2D eigenvalue weighted by Crippen LogP contribution is 2.36. The topological polar surface area (TPSA) is 21.3 Å². The molecule has 1 heterocycles. The van der Waals surface area contributed by atoms with Gasteiger partial charge in [0.1, 0.15) is 0 Å². The molecule has 0 amide bonds. The summed E-state index contributed by atoms with van der Waals surface area (Å²) in [7, 11) is 0. The van der Waals surface area contributed by atoms with Crippen LogP contribution in [0.1, 0.15) is 39.5 Å². The van der Waals surface area contributed by atoms with Crippen LogP contribution >= 0.6 is 0 Å². The van der Waals surface area contributed by atoms with Crippen LogP contribution in [-0.4, -0.2) is 25.3 Å². The van der Waals surface area contributed by atoms with E-state index in [4.69, 9.17) is 4.74 Å². The zero-order valence-corrected chi connectivity index (χ0v) is 9.46. The molecule has 2 heteroatoms. The molecule has 0 aromatic carbocycles. The van der Waals surface area contributed by atoms with Gasteiger partial charge >= 0.3 is 0 Å². The molecule has 2 fully saturated rings. The predicted molar refractivity (Wildman–Crippen MR) is 58.3 cm³/mol. The zero-order valence-electron chi connectivity index (χ0n) is 9.46. The Balaban J connectivity index is 1.79. The second kappa shape index (κ2) is 4.63. The number of nitrogens with one attached hydrogen (secondary N) is 1. The first-order chi connectivity index (χ1) is 6.77. The zero-order chi connectivity index (χ0) is 9.97. The summed E-state index contributed by atoms with van der Waals surface area (Å²) in [5.41, 5.74) is 0. The van der Waals surface area contributed by atoms with Crippen molar-refractivity contribution >= 4 is 0 Å². The summed E-state index contributed by atoms with van der Waals surface area (Å²) in [4.78, 5) is 0. The smallest absolute Gasteiger partial charge is 0.0480 e. The minimum absolute atomic E-state index is 0.719.